The van der Waals surface area contributed by atoms with Gasteiger partial charge in [0.1, 0.15) is 16.5 Å². The fourth-order valence-electron chi connectivity index (χ4n) is 2.72. The molecule has 6 heteroatoms. The average Bonchev–Trinajstić information content (AvgIpc) is 2.87. The molecule has 0 aromatic carbocycles. The zero-order valence-electron chi connectivity index (χ0n) is 14.4. The van der Waals surface area contributed by atoms with Gasteiger partial charge >= 0.3 is 0 Å². The SMILES string of the molecule is Cc1sc2nc(CCN)nc(N(C)CCc3ccccn3)c2c1C. The summed E-state index contributed by atoms with van der Waals surface area (Å²) in [4.78, 5) is 18.5. The van der Waals surface area contributed by atoms with E-state index in [9.17, 15) is 0 Å². The van der Waals surface area contributed by atoms with Crippen LogP contribution in [-0.2, 0) is 12.8 Å². The molecule has 0 atom stereocenters. The summed E-state index contributed by atoms with van der Waals surface area (Å²) in [5.41, 5.74) is 8.07. The van der Waals surface area contributed by atoms with Crippen LogP contribution in [0, 0.1) is 13.8 Å². The van der Waals surface area contributed by atoms with Crippen molar-refractivity contribution in [3.05, 3.63) is 46.4 Å². The number of fused-ring (bicyclic) bond motifs is 1. The Morgan fingerprint density at radius 1 is 1.17 bits per heavy atom. The lowest BCUT2D eigenvalue weighted by Crippen LogP contribution is -2.23. The van der Waals surface area contributed by atoms with Crippen LogP contribution < -0.4 is 10.6 Å². The standard InChI is InChI=1S/C18H23N5S/c1-12-13(2)24-18-16(12)17(21-15(22-18)7-9-19)23(3)11-8-14-6-4-5-10-20-14/h4-6,10H,7-9,11,19H2,1-3H3. The molecule has 0 spiro atoms. The first kappa shape index (κ1) is 16.8. The number of anilines is 1. The Morgan fingerprint density at radius 3 is 2.71 bits per heavy atom. The van der Waals surface area contributed by atoms with Gasteiger partial charge in [0.2, 0.25) is 0 Å². The molecule has 0 bridgehead atoms. The maximum atomic E-state index is 5.70. The summed E-state index contributed by atoms with van der Waals surface area (Å²) < 4.78 is 0. The van der Waals surface area contributed by atoms with Gasteiger partial charge in [-0.15, -0.1) is 11.3 Å². The molecule has 0 saturated carbocycles. The van der Waals surface area contributed by atoms with E-state index in [-0.39, 0.29) is 0 Å². The van der Waals surface area contributed by atoms with E-state index in [1.807, 2.05) is 18.3 Å². The smallest absolute Gasteiger partial charge is 0.141 e. The van der Waals surface area contributed by atoms with Crippen molar-refractivity contribution in [3.63, 3.8) is 0 Å². The monoisotopic (exact) mass is 341 g/mol. The number of aryl methyl sites for hydroxylation is 2. The van der Waals surface area contributed by atoms with Crippen LogP contribution in [0.1, 0.15) is 22.0 Å². The Morgan fingerprint density at radius 2 is 2.00 bits per heavy atom. The van der Waals surface area contributed by atoms with Crippen molar-refractivity contribution in [2.75, 3.05) is 25.0 Å². The highest BCUT2D eigenvalue weighted by molar-refractivity contribution is 7.18. The number of nitrogens with two attached hydrogens (primary N) is 1. The third kappa shape index (κ3) is 3.39. The summed E-state index contributed by atoms with van der Waals surface area (Å²) in [6.45, 7) is 5.71. The Hall–Kier alpha value is -2.05. The fraction of sp³-hybridized carbons (Fsp3) is 0.389. The second kappa shape index (κ2) is 7.23. The summed E-state index contributed by atoms with van der Waals surface area (Å²) in [6, 6.07) is 6.03. The van der Waals surface area contributed by atoms with Crippen molar-refractivity contribution in [1.29, 1.82) is 0 Å². The van der Waals surface area contributed by atoms with Crippen molar-refractivity contribution >= 4 is 27.4 Å². The van der Waals surface area contributed by atoms with Gasteiger partial charge in [-0.25, -0.2) is 9.97 Å². The van der Waals surface area contributed by atoms with Crippen molar-refractivity contribution < 1.29 is 0 Å². The Labute approximate surface area is 146 Å². The van der Waals surface area contributed by atoms with Gasteiger partial charge in [-0.1, -0.05) is 6.07 Å². The molecular formula is C18H23N5S. The minimum atomic E-state index is 0.561. The lowest BCUT2D eigenvalue weighted by atomic mass is 10.2. The Balaban J connectivity index is 1.93. The van der Waals surface area contributed by atoms with E-state index in [0.29, 0.717) is 13.0 Å². The predicted molar refractivity (Wildman–Crippen MR) is 101 cm³/mol. The van der Waals surface area contributed by atoms with Gasteiger partial charge in [0.25, 0.3) is 0 Å². The second-order valence-corrected chi connectivity index (χ2v) is 7.16. The number of hydrogen-bond acceptors (Lipinski definition) is 6. The minimum Gasteiger partial charge on any atom is -0.359 e. The summed E-state index contributed by atoms with van der Waals surface area (Å²) in [5.74, 6) is 1.83. The molecule has 0 unspecified atom stereocenters. The van der Waals surface area contributed by atoms with E-state index in [0.717, 1.165) is 35.1 Å². The molecule has 126 valence electrons. The first-order valence-electron chi connectivity index (χ1n) is 8.18. The topological polar surface area (TPSA) is 67.9 Å². The quantitative estimate of drug-likeness (QED) is 0.747. The van der Waals surface area contributed by atoms with Crippen LogP contribution in [0.25, 0.3) is 10.2 Å². The molecule has 3 aromatic rings. The summed E-state index contributed by atoms with van der Waals surface area (Å²) >= 11 is 1.73. The molecule has 0 aliphatic rings. The zero-order valence-corrected chi connectivity index (χ0v) is 15.2. The number of hydrogen-bond donors (Lipinski definition) is 1. The molecule has 0 radical (unpaired) electrons. The maximum absolute atomic E-state index is 5.70. The second-order valence-electron chi connectivity index (χ2n) is 5.96. The fourth-order valence-corrected chi connectivity index (χ4v) is 3.77. The average molecular weight is 341 g/mol. The van der Waals surface area contributed by atoms with Crippen LogP contribution in [-0.4, -0.2) is 35.1 Å². The van der Waals surface area contributed by atoms with Crippen molar-refractivity contribution in [2.24, 2.45) is 5.73 Å². The third-order valence-electron chi connectivity index (χ3n) is 4.21. The van der Waals surface area contributed by atoms with Gasteiger partial charge in [-0.3, -0.25) is 4.98 Å². The van der Waals surface area contributed by atoms with E-state index in [2.05, 4.69) is 36.8 Å². The first-order valence-corrected chi connectivity index (χ1v) is 8.99. The molecule has 24 heavy (non-hydrogen) atoms. The van der Waals surface area contributed by atoms with Gasteiger partial charge in [-0.05, 0) is 38.1 Å². The normalized spacial score (nSPS) is 11.2. The Kier molecular flexibility index (Phi) is 5.06. The predicted octanol–water partition coefficient (Wildman–Crippen LogP) is 2.88. The lowest BCUT2D eigenvalue weighted by molar-refractivity contribution is 0.821. The molecular weight excluding hydrogens is 318 g/mol. The molecule has 3 heterocycles. The first-order chi connectivity index (χ1) is 11.6. The molecule has 0 aliphatic carbocycles. The van der Waals surface area contributed by atoms with Gasteiger partial charge in [-0.2, -0.15) is 0 Å². The summed E-state index contributed by atoms with van der Waals surface area (Å²) in [7, 11) is 2.09. The van der Waals surface area contributed by atoms with E-state index < -0.39 is 0 Å². The van der Waals surface area contributed by atoms with Gasteiger partial charge in [0.15, 0.2) is 0 Å². The van der Waals surface area contributed by atoms with Crippen LogP contribution in [0.5, 0.6) is 0 Å². The van der Waals surface area contributed by atoms with E-state index in [1.165, 1.54) is 15.8 Å². The molecule has 2 N–H and O–H groups in total. The summed E-state index contributed by atoms with van der Waals surface area (Å²) in [5, 5.41) is 1.17. The number of nitrogens with zero attached hydrogens (tertiary/aromatic N) is 4. The molecule has 0 aliphatic heterocycles. The highest BCUT2D eigenvalue weighted by atomic mass is 32.1. The summed E-state index contributed by atoms with van der Waals surface area (Å²) in [6.07, 6.45) is 3.42. The number of pyridine rings is 1. The van der Waals surface area contributed by atoms with Crippen molar-refractivity contribution in [3.8, 4) is 0 Å². The molecule has 0 amide bonds. The number of likely N-dealkylation sites (N-methyl/N-ethyl adjacent to an activating group) is 1. The van der Waals surface area contributed by atoms with E-state index in [1.54, 1.807) is 11.3 Å². The van der Waals surface area contributed by atoms with Crippen LogP contribution in [0.15, 0.2) is 24.4 Å². The minimum absolute atomic E-state index is 0.561. The molecule has 0 saturated heterocycles. The highest BCUT2D eigenvalue weighted by Gasteiger charge is 2.17. The highest BCUT2D eigenvalue weighted by Crippen LogP contribution is 2.34. The largest absolute Gasteiger partial charge is 0.359 e. The number of aromatic nitrogens is 3. The van der Waals surface area contributed by atoms with Crippen LogP contribution >= 0.6 is 11.3 Å². The van der Waals surface area contributed by atoms with Crippen molar-refractivity contribution in [2.45, 2.75) is 26.7 Å². The van der Waals surface area contributed by atoms with Gasteiger partial charge < -0.3 is 10.6 Å². The molecule has 5 nitrogen and oxygen atoms in total. The number of rotatable bonds is 6. The molecule has 3 rings (SSSR count). The third-order valence-corrected chi connectivity index (χ3v) is 5.32. The molecule has 0 fully saturated rings. The van der Waals surface area contributed by atoms with E-state index in [4.69, 9.17) is 15.7 Å². The van der Waals surface area contributed by atoms with Gasteiger partial charge in [0.05, 0.1) is 5.39 Å². The lowest BCUT2D eigenvalue weighted by Gasteiger charge is -2.20. The maximum Gasteiger partial charge on any atom is 0.141 e. The van der Waals surface area contributed by atoms with Crippen molar-refractivity contribution in [1.82, 2.24) is 15.0 Å². The van der Waals surface area contributed by atoms with Gasteiger partial charge in [0, 0.05) is 43.2 Å². The van der Waals surface area contributed by atoms with E-state index >= 15 is 0 Å². The Bertz CT molecular complexity index is 828. The zero-order chi connectivity index (χ0) is 17.1. The van der Waals surface area contributed by atoms with Crippen LogP contribution in [0.2, 0.25) is 0 Å². The number of thiophene rings is 1. The molecule has 3 aromatic heterocycles. The van der Waals surface area contributed by atoms with Crippen LogP contribution in [0.4, 0.5) is 5.82 Å². The van der Waals surface area contributed by atoms with Crippen LogP contribution in [0.3, 0.4) is 0 Å².